The molecule has 5 rings (SSSR count). The van der Waals surface area contributed by atoms with Crippen LogP contribution in [0.2, 0.25) is 13.1 Å². The van der Waals surface area contributed by atoms with Crippen LogP contribution in [0.3, 0.4) is 0 Å². The van der Waals surface area contributed by atoms with Crippen LogP contribution in [0.4, 0.5) is 0 Å². The highest BCUT2D eigenvalue weighted by atomic mass is 28.3. The van der Waals surface area contributed by atoms with Gasteiger partial charge in [0.1, 0.15) is 32.5 Å². The molecule has 0 aliphatic carbocycles. The van der Waals surface area contributed by atoms with Gasteiger partial charge in [-0.1, -0.05) is 140 Å². The van der Waals surface area contributed by atoms with Crippen molar-refractivity contribution < 1.29 is 28.8 Å². The Kier molecular flexibility index (Phi) is 10.9. The van der Waals surface area contributed by atoms with Gasteiger partial charge in [-0.05, 0) is 16.7 Å². The zero-order valence-corrected chi connectivity index (χ0v) is 26.1. The van der Waals surface area contributed by atoms with Crippen molar-refractivity contribution in [1.82, 2.24) is 0 Å². The minimum atomic E-state index is -2.47. The lowest BCUT2D eigenvalue weighted by Gasteiger charge is -2.49. The van der Waals surface area contributed by atoms with Gasteiger partial charge in [-0.15, -0.1) is 0 Å². The predicted molar refractivity (Wildman–Crippen MR) is 170 cm³/mol. The van der Waals surface area contributed by atoms with Gasteiger partial charge in [0.05, 0.1) is 25.5 Å². The van der Waals surface area contributed by atoms with Gasteiger partial charge >= 0.3 is 0 Å². The number of benzene rings is 4. The molecule has 1 fully saturated rings. The Bertz CT molecular complexity index is 1360. The van der Waals surface area contributed by atoms with Crippen LogP contribution < -0.4 is 5.19 Å². The van der Waals surface area contributed by atoms with Crippen LogP contribution in [0, 0.1) is 0 Å². The zero-order valence-electron chi connectivity index (χ0n) is 25.1. The van der Waals surface area contributed by atoms with Crippen molar-refractivity contribution in [3.63, 3.8) is 0 Å². The van der Waals surface area contributed by atoms with E-state index in [1.165, 1.54) is 0 Å². The second kappa shape index (κ2) is 15.0. The van der Waals surface area contributed by atoms with Gasteiger partial charge < -0.3 is 28.8 Å². The molecule has 1 aliphatic heterocycles. The lowest BCUT2D eigenvalue weighted by atomic mass is 9.97. The fourth-order valence-electron chi connectivity index (χ4n) is 5.58. The lowest BCUT2D eigenvalue weighted by molar-refractivity contribution is -0.325. The number of aliphatic hydroxyl groups excluding tert-OH is 1. The van der Waals surface area contributed by atoms with Crippen LogP contribution in [0.5, 0.6) is 0 Å². The number of hydrogen-bond donors (Lipinski definition) is 1. The van der Waals surface area contributed by atoms with Gasteiger partial charge in [0.2, 0.25) is 0 Å². The van der Waals surface area contributed by atoms with Crippen LogP contribution in [0.15, 0.2) is 121 Å². The smallest absolute Gasteiger partial charge is 0.186 e. The fourth-order valence-corrected chi connectivity index (χ4v) is 8.07. The third-order valence-electron chi connectivity index (χ3n) is 8.19. The van der Waals surface area contributed by atoms with E-state index in [9.17, 15) is 5.11 Å². The molecule has 0 radical (unpaired) electrons. The number of ether oxygens (including phenoxy) is 5. The first-order chi connectivity index (χ1) is 21.0. The van der Waals surface area contributed by atoms with Crippen LogP contribution in [-0.2, 0) is 43.5 Å². The molecule has 1 N–H and O–H groups in total. The van der Waals surface area contributed by atoms with Gasteiger partial charge in [0, 0.05) is 7.11 Å². The Morgan fingerprint density at radius 2 is 1.00 bits per heavy atom. The number of aliphatic hydroxyl groups is 1. The molecule has 0 saturated carbocycles. The number of hydrogen-bond acceptors (Lipinski definition) is 6. The first-order valence-corrected chi connectivity index (χ1v) is 17.9. The van der Waals surface area contributed by atoms with Crippen LogP contribution in [0.1, 0.15) is 16.7 Å². The summed E-state index contributed by atoms with van der Waals surface area (Å²) in [7, 11) is -0.870. The van der Waals surface area contributed by atoms with Gasteiger partial charge in [-0.3, -0.25) is 0 Å². The molecule has 1 unspecified atom stereocenters. The summed E-state index contributed by atoms with van der Waals surface area (Å²) < 4.78 is 32.4. The average molecular weight is 599 g/mol. The average Bonchev–Trinajstić information content (AvgIpc) is 3.06. The number of methoxy groups -OCH3 is 1. The normalized spacial score (nSPS) is 23.1. The van der Waals surface area contributed by atoms with E-state index in [0.717, 1.165) is 21.9 Å². The largest absolute Gasteiger partial charge is 0.393 e. The maximum Gasteiger partial charge on any atom is 0.186 e. The van der Waals surface area contributed by atoms with Crippen molar-refractivity contribution in [2.24, 2.45) is 0 Å². The zero-order chi connectivity index (χ0) is 30.1. The molecular formula is C36H42O6Si. The monoisotopic (exact) mass is 598 g/mol. The van der Waals surface area contributed by atoms with Crippen molar-refractivity contribution in [1.29, 1.82) is 0 Å². The van der Waals surface area contributed by atoms with E-state index in [1.807, 2.05) is 109 Å². The van der Waals surface area contributed by atoms with Gasteiger partial charge in [-0.2, -0.15) is 0 Å². The quantitative estimate of drug-likeness (QED) is 0.201. The Morgan fingerprint density at radius 1 is 0.605 bits per heavy atom. The molecule has 1 saturated heterocycles. The molecule has 0 aromatic heterocycles. The molecule has 1 aliphatic rings. The second-order valence-electron chi connectivity index (χ2n) is 11.5. The molecule has 6 atom stereocenters. The van der Waals surface area contributed by atoms with Crippen molar-refractivity contribution in [2.45, 2.75) is 69.3 Å². The molecule has 6 nitrogen and oxygen atoms in total. The summed E-state index contributed by atoms with van der Waals surface area (Å²) in [5, 5.41) is 13.3. The maximum atomic E-state index is 12.1. The minimum absolute atomic E-state index is 0.333. The van der Waals surface area contributed by atoms with Crippen LogP contribution >= 0.6 is 0 Å². The topological polar surface area (TPSA) is 66.4 Å². The van der Waals surface area contributed by atoms with Gasteiger partial charge in [0.25, 0.3) is 0 Å². The van der Waals surface area contributed by atoms with Crippen molar-refractivity contribution >= 4 is 13.3 Å². The molecular weight excluding hydrogens is 556 g/mol. The molecule has 1 heterocycles. The van der Waals surface area contributed by atoms with E-state index in [1.54, 1.807) is 7.11 Å². The van der Waals surface area contributed by atoms with Gasteiger partial charge in [-0.25, -0.2) is 0 Å². The first kappa shape index (κ1) is 31.3. The summed E-state index contributed by atoms with van der Waals surface area (Å²) >= 11 is 0. The molecule has 0 bridgehead atoms. The summed E-state index contributed by atoms with van der Waals surface area (Å²) in [6.45, 7) is 5.34. The third-order valence-corrected chi connectivity index (χ3v) is 11.8. The lowest BCUT2D eigenvalue weighted by Crippen LogP contribution is -2.68. The van der Waals surface area contributed by atoms with E-state index in [0.29, 0.717) is 19.8 Å². The summed E-state index contributed by atoms with van der Waals surface area (Å²) in [6, 6.07) is 40.2. The Morgan fingerprint density at radius 3 is 1.44 bits per heavy atom. The number of rotatable bonds is 13. The molecule has 0 spiro atoms. The Hall–Kier alpha value is -3.14. The summed E-state index contributed by atoms with van der Waals surface area (Å²) in [5.74, 6) is 0. The third kappa shape index (κ3) is 7.88. The Labute approximate surface area is 256 Å². The minimum Gasteiger partial charge on any atom is -0.393 e. The summed E-state index contributed by atoms with van der Waals surface area (Å²) in [5.41, 5.74) is 2.27. The van der Waals surface area contributed by atoms with Crippen molar-refractivity contribution in [3.05, 3.63) is 138 Å². The van der Waals surface area contributed by atoms with Gasteiger partial charge in [0.15, 0.2) is 6.29 Å². The Balaban J connectivity index is 1.50. The highest BCUT2D eigenvalue weighted by Gasteiger charge is 2.54. The standard InChI is InChI=1S/C36H42O6Si/c1-38-36-34(41-26-29-20-12-6-13-21-29)32(40-25-28-18-10-5-11-19-28)31(39-24-27-16-8-4-9-17-27)33(42-36)35(37)43(2,3)30-22-14-7-15-23-30/h4-23,31-37H,24-26H2,1-3H3/t31-,32-,33-,34+,35?,36-/m0/s1. The highest BCUT2D eigenvalue weighted by molar-refractivity contribution is 6.90. The van der Waals surface area contributed by atoms with E-state index in [2.05, 4.69) is 25.2 Å². The molecule has 43 heavy (non-hydrogen) atoms. The van der Waals surface area contributed by atoms with E-state index in [-0.39, 0.29) is 0 Å². The fraction of sp³-hybridized carbons (Fsp3) is 0.333. The molecule has 4 aromatic rings. The van der Waals surface area contributed by atoms with Crippen LogP contribution in [0.25, 0.3) is 0 Å². The summed E-state index contributed by atoms with van der Waals surface area (Å²) in [4.78, 5) is 0. The predicted octanol–water partition coefficient (Wildman–Crippen LogP) is 5.63. The molecule has 226 valence electrons. The molecule has 4 aromatic carbocycles. The van der Waals surface area contributed by atoms with E-state index in [4.69, 9.17) is 23.7 Å². The van der Waals surface area contributed by atoms with Crippen LogP contribution in [-0.4, -0.2) is 56.7 Å². The van der Waals surface area contributed by atoms with Crippen molar-refractivity contribution in [2.75, 3.05) is 7.11 Å². The second-order valence-corrected chi connectivity index (χ2v) is 16.1. The van der Waals surface area contributed by atoms with E-state index >= 15 is 0 Å². The van der Waals surface area contributed by atoms with E-state index < -0.39 is 44.5 Å². The highest BCUT2D eigenvalue weighted by Crippen LogP contribution is 2.34. The maximum absolute atomic E-state index is 12.1. The van der Waals surface area contributed by atoms with Crippen molar-refractivity contribution in [3.8, 4) is 0 Å². The SMILES string of the molecule is CO[C@H]1O[C@H](C(O)[Si](C)(C)c2ccccc2)[C@@H](OCc2ccccc2)[C@H](OCc2ccccc2)[C@H]1OCc1ccccc1. The molecule has 7 heteroatoms. The first-order valence-electron chi connectivity index (χ1n) is 14.9. The summed E-state index contributed by atoms with van der Waals surface area (Å²) in [6.07, 6.45) is -3.33. The molecule has 0 amide bonds.